The Kier molecular flexibility index (Phi) is 4.19. The van der Waals surface area contributed by atoms with E-state index in [-0.39, 0.29) is 0 Å². The normalized spacial score (nSPS) is 15.8. The number of rotatable bonds is 0. The van der Waals surface area contributed by atoms with Crippen molar-refractivity contribution in [1.82, 2.24) is 9.97 Å². The van der Waals surface area contributed by atoms with Crippen LogP contribution < -0.4 is 10.6 Å². The van der Waals surface area contributed by atoms with E-state index in [0.717, 1.165) is 23.3 Å². The van der Waals surface area contributed by atoms with Crippen molar-refractivity contribution in [3.63, 3.8) is 0 Å². The van der Waals surface area contributed by atoms with Gasteiger partial charge in [0.25, 0.3) is 0 Å². The zero-order valence-electron chi connectivity index (χ0n) is 12.9. The second kappa shape index (κ2) is 6.43. The first-order chi connectivity index (χ1) is 10.7. The van der Waals surface area contributed by atoms with E-state index in [1.807, 2.05) is 43.3 Å². The van der Waals surface area contributed by atoms with E-state index in [4.69, 9.17) is 0 Å². The summed E-state index contributed by atoms with van der Waals surface area (Å²) in [5, 5.41) is 6.75. The van der Waals surface area contributed by atoms with Crippen molar-refractivity contribution in [2.45, 2.75) is 19.9 Å². The highest BCUT2D eigenvalue weighted by atomic mass is 15.1. The van der Waals surface area contributed by atoms with Crippen LogP contribution in [-0.2, 0) is 0 Å². The predicted octanol–water partition coefficient (Wildman–Crippen LogP) is 3.85. The number of nitrogens with one attached hydrogen (secondary N) is 2. The summed E-state index contributed by atoms with van der Waals surface area (Å²) in [6, 6.07) is 16.7. The van der Waals surface area contributed by atoms with Gasteiger partial charge in [0.2, 0.25) is 0 Å². The van der Waals surface area contributed by atoms with Gasteiger partial charge in [0, 0.05) is 18.8 Å². The standard InChI is InChI=1S/C9H12N2.C9H8N2/c2*1-7-6-10-8-4-2-3-5-9(8)11-7/h2-5,7,10-11H,6H2,1H3;2-6H,1H3. The number of hydrogen-bond acceptors (Lipinski definition) is 4. The van der Waals surface area contributed by atoms with E-state index in [9.17, 15) is 0 Å². The smallest absolute Gasteiger partial charge is 0.0889 e. The van der Waals surface area contributed by atoms with Crippen LogP contribution in [0.15, 0.2) is 54.7 Å². The minimum Gasteiger partial charge on any atom is -0.381 e. The molecule has 2 heterocycles. The maximum atomic E-state index is 4.31. The molecule has 4 rings (SSSR count). The molecule has 0 radical (unpaired) electrons. The van der Waals surface area contributed by atoms with E-state index < -0.39 is 0 Å². The number of benzene rings is 2. The van der Waals surface area contributed by atoms with Crippen molar-refractivity contribution >= 4 is 22.4 Å². The average Bonchev–Trinajstić information content (AvgIpc) is 2.55. The fourth-order valence-corrected chi connectivity index (χ4v) is 2.39. The van der Waals surface area contributed by atoms with E-state index in [0.29, 0.717) is 6.04 Å². The second-order valence-corrected chi connectivity index (χ2v) is 5.47. The molecule has 22 heavy (non-hydrogen) atoms. The summed E-state index contributed by atoms with van der Waals surface area (Å²) in [5.74, 6) is 0. The third kappa shape index (κ3) is 3.34. The fourth-order valence-electron chi connectivity index (χ4n) is 2.39. The van der Waals surface area contributed by atoms with Gasteiger partial charge in [-0.2, -0.15) is 0 Å². The summed E-state index contributed by atoms with van der Waals surface area (Å²) >= 11 is 0. The number of fused-ring (bicyclic) bond motifs is 2. The highest BCUT2D eigenvalue weighted by Gasteiger charge is 2.10. The van der Waals surface area contributed by atoms with Crippen molar-refractivity contribution in [3.05, 3.63) is 60.4 Å². The van der Waals surface area contributed by atoms with Crippen LogP contribution in [0.5, 0.6) is 0 Å². The van der Waals surface area contributed by atoms with Gasteiger partial charge in [0.1, 0.15) is 0 Å². The summed E-state index contributed by atoms with van der Waals surface area (Å²) in [4.78, 5) is 8.53. The zero-order chi connectivity index (χ0) is 15.4. The summed E-state index contributed by atoms with van der Waals surface area (Å²) in [6.45, 7) is 5.12. The van der Waals surface area contributed by atoms with Crippen LogP contribution in [0.4, 0.5) is 11.4 Å². The summed E-state index contributed by atoms with van der Waals surface area (Å²) < 4.78 is 0. The Balaban J connectivity index is 0.000000131. The van der Waals surface area contributed by atoms with Gasteiger partial charge in [0.15, 0.2) is 0 Å². The van der Waals surface area contributed by atoms with Gasteiger partial charge in [0.05, 0.1) is 28.1 Å². The number of hydrogen-bond donors (Lipinski definition) is 2. The topological polar surface area (TPSA) is 49.8 Å². The third-order valence-electron chi connectivity index (χ3n) is 3.50. The molecule has 0 bridgehead atoms. The molecular formula is C18H20N4. The molecule has 3 aromatic rings. The molecule has 0 spiro atoms. The molecule has 0 aliphatic carbocycles. The summed E-state index contributed by atoms with van der Waals surface area (Å²) in [7, 11) is 0. The lowest BCUT2D eigenvalue weighted by molar-refractivity contribution is 0.818. The molecule has 1 aliphatic rings. The fraction of sp³-hybridized carbons (Fsp3) is 0.222. The molecule has 0 saturated heterocycles. The molecule has 0 amide bonds. The van der Waals surface area contributed by atoms with E-state index in [1.165, 1.54) is 11.4 Å². The maximum Gasteiger partial charge on any atom is 0.0889 e. The summed E-state index contributed by atoms with van der Waals surface area (Å²) in [6.07, 6.45) is 1.78. The highest BCUT2D eigenvalue weighted by molar-refractivity contribution is 5.73. The third-order valence-corrected chi connectivity index (χ3v) is 3.50. The van der Waals surface area contributed by atoms with Crippen LogP contribution >= 0.6 is 0 Å². The first-order valence-electron chi connectivity index (χ1n) is 7.50. The van der Waals surface area contributed by atoms with Gasteiger partial charge in [-0.3, -0.25) is 4.98 Å². The SMILES string of the molecule is CC1CNc2ccccc2N1.Cc1cnc2ccccc2n1. The van der Waals surface area contributed by atoms with E-state index >= 15 is 0 Å². The molecule has 2 aromatic carbocycles. The van der Waals surface area contributed by atoms with Crippen molar-refractivity contribution in [3.8, 4) is 0 Å². The lowest BCUT2D eigenvalue weighted by atomic mass is 10.2. The molecule has 0 fully saturated rings. The Bertz CT molecular complexity index is 770. The minimum atomic E-state index is 0.532. The molecule has 1 aromatic heterocycles. The largest absolute Gasteiger partial charge is 0.381 e. The van der Waals surface area contributed by atoms with Crippen LogP contribution in [0.3, 0.4) is 0 Å². The van der Waals surface area contributed by atoms with Gasteiger partial charge < -0.3 is 10.6 Å². The highest BCUT2D eigenvalue weighted by Crippen LogP contribution is 2.24. The quantitative estimate of drug-likeness (QED) is 0.661. The number of para-hydroxylation sites is 4. The van der Waals surface area contributed by atoms with Crippen LogP contribution in [0.1, 0.15) is 12.6 Å². The lowest BCUT2D eigenvalue weighted by Gasteiger charge is -2.25. The Labute approximate surface area is 130 Å². The van der Waals surface area contributed by atoms with Crippen molar-refractivity contribution in [2.24, 2.45) is 0 Å². The van der Waals surface area contributed by atoms with Gasteiger partial charge in [-0.25, -0.2) is 4.98 Å². The van der Waals surface area contributed by atoms with Gasteiger partial charge >= 0.3 is 0 Å². The van der Waals surface area contributed by atoms with Crippen LogP contribution in [0, 0.1) is 6.92 Å². The predicted molar refractivity (Wildman–Crippen MR) is 92.3 cm³/mol. The van der Waals surface area contributed by atoms with Gasteiger partial charge in [-0.05, 0) is 38.1 Å². The minimum absolute atomic E-state index is 0.532. The molecule has 112 valence electrons. The second-order valence-electron chi connectivity index (χ2n) is 5.47. The van der Waals surface area contributed by atoms with E-state index in [1.54, 1.807) is 6.20 Å². The number of aromatic nitrogens is 2. The Morgan fingerprint density at radius 2 is 1.64 bits per heavy atom. The number of nitrogens with zero attached hydrogens (tertiary/aromatic N) is 2. The van der Waals surface area contributed by atoms with Crippen molar-refractivity contribution in [2.75, 3.05) is 17.2 Å². The van der Waals surface area contributed by atoms with Crippen LogP contribution in [0.25, 0.3) is 11.0 Å². The molecule has 1 aliphatic heterocycles. The molecular weight excluding hydrogens is 272 g/mol. The van der Waals surface area contributed by atoms with Crippen LogP contribution in [0.2, 0.25) is 0 Å². The number of aryl methyl sites for hydroxylation is 1. The Hall–Kier alpha value is -2.62. The monoisotopic (exact) mass is 292 g/mol. The molecule has 0 saturated carbocycles. The first kappa shape index (κ1) is 14.3. The van der Waals surface area contributed by atoms with Gasteiger partial charge in [-0.1, -0.05) is 24.3 Å². The molecule has 1 unspecified atom stereocenters. The van der Waals surface area contributed by atoms with Crippen molar-refractivity contribution in [1.29, 1.82) is 0 Å². The van der Waals surface area contributed by atoms with E-state index in [2.05, 4.69) is 39.7 Å². The maximum absolute atomic E-state index is 4.31. The molecule has 1 atom stereocenters. The Morgan fingerprint density at radius 3 is 2.45 bits per heavy atom. The summed E-state index contributed by atoms with van der Waals surface area (Å²) in [5.41, 5.74) is 5.31. The molecule has 2 N–H and O–H groups in total. The lowest BCUT2D eigenvalue weighted by Crippen LogP contribution is -2.29. The molecule has 4 nitrogen and oxygen atoms in total. The average molecular weight is 292 g/mol. The number of anilines is 2. The first-order valence-corrected chi connectivity index (χ1v) is 7.50. The van der Waals surface area contributed by atoms with Gasteiger partial charge in [-0.15, -0.1) is 0 Å². The van der Waals surface area contributed by atoms with Crippen molar-refractivity contribution < 1.29 is 0 Å². The molecule has 4 heteroatoms. The zero-order valence-corrected chi connectivity index (χ0v) is 12.9. The van der Waals surface area contributed by atoms with Crippen LogP contribution in [-0.4, -0.2) is 22.6 Å². The Morgan fingerprint density at radius 1 is 0.955 bits per heavy atom.